The van der Waals surface area contributed by atoms with Gasteiger partial charge in [-0.05, 0) is 55.3 Å². The Kier molecular flexibility index (Phi) is 6.83. The molecule has 2 aromatic carbocycles. The molecule has 1 amide bonds. The van der Waals surface area contributed by atoms with Crippen molar-refractivity contribution in [3.05, 3.63) is 59.9 Å². The van der Waals surface area contributed by atoms with Crippen LogP contribution in [-0.4, -0.2) is 49.2 Å². The van der Waals surface area contributed by atoms with E-state index >= 15 is 0 Å². The van der Waals surface area contributed by atoms with E-state index in [2.05, 4.69) is 5.32 Å². The number of hydrogen-bond donors (Lipinski definition) is 1. The van der Waals surface area contributed by atoms with Crippen LogP contribution in [0.5, 0.6) is 5.75 Å². The van der Waals surface area contributed by atoms with Crippen molar-refractivity contribution in [1.82, 2.24) is 8.61 Å². The Bertz CT molecular complexity index is 950. The number of carbonyl (C=O) groups is 1. The molecule has 1 N–H and O–H groups in total. The predicted molar refractivity (Wildman–Crippen MR) is 108 cm³/mol. The highest BCUT2D eigenvalue weighted by molar-refractivity contribution is 7.86. The molecule has 0 spiro atoms. The summed E-state index contributed by atoms with van der Waals surface area (Å²) in [5.41, 5.74) is 1.12. The Balaban J connectivity index is 1.62. The van der Waals surface area contributed by atoms with Crippen molar-refractivity contribution in [2.45, 2.75) is 19.9 Å². The van der Waals surface area contributed by atoms with E-state index < -0.39 is 21.9 Å². The topological polar surface area (TPSA) is 79.0 Å². The second-order valence-corrected chi connectivity index (χ2v) is 8.59. The molecule has 0 atom stereocenters. The molecule has 1 aliphatic rings. The zero-order valence-electron chi connectivity index (χ0n) is 16.2. The van der Waals surface area contributed by atoms with Crippen molar-refractivity contribution >= 4 is 21.8 Å². The number of nitrogens with one attached hydrogen (secondary N) is 1. The molecule has 0 aromatic heterocycles. The molecule has 7 nitrogen and oxygen atoms in total. The van der Waals surface area contributed by atoms with Gasteiger partial charge in [0.1, 0.15) is 11.6 Å². The first-order valence-electron chi connectivity index (χ1n) is 9.41. The van der Waals surface area contributed by atoms with Crippen molar-refractivity contribution in [3.63, 3.8) is 0 Å². The van der Waals surface area contributed by atoms with Gasteiger partial charge in [0.05, 0.1) is 13.2 Å². The fraction of sp³-hybridized carbons (Fsp3) is 0.350. The number of ether oxygens (including phenoxy) is 1. The van der Waals surface area contributed by atoms with E-state index in [0.717, 1.165) is 4.31 Å². The van der Waals surface area contributed by atoms with Gasteiger partial charge in [-0.3, -0.25) is 4.79 Å². The second-order valence-electron chi connectivity index (χ2n) is 6.66. The molecule has 2 aromatic rings. The third-order valence-electron chi connectivity index (χ3n) is 4.48. The average molecular weight is 421 g/mol. The SMILES string of the molecule is CCOc1ccc(NC(=O)CN2CCCN(Cc3cccc(F)c3)S2(=O)=O)cc1. The van der Waals surface area contributed by atoms with E-state index in [-0.39, 0.29) is 19.6 Å². The van der Waals surface area contributed by atoms with Crippen molar-refractivity contribution in [1.29, 1.82) is 0 Å². The van der Waals surface area contributed by atoms with Crippen molar-refractivity contribution in [2.24, 2.45) is 0 Å². The molecule has 29 heavy (non-hydrogen) atoms. The largest absolute Gasteiger partial charge is 0.494 e. The molecular formula is C20H24FN3O4S. The summed E-state index contributed by atoms with van der Waals surface area (Å²) in [6.45, 7) is 2.80. The van der Waals surface area contributed by atoms with Gasteiger partial charge in [0.25, 0.3) is 10.2 Å². The smallest absolute Gasteiger partial charge is 0.282 e. The number of rotatable bonds is 7. The van der Waals surface area contributed by atoms with Gasteiger partial charge in [0.2, 0.25) is 5.91 Å². The maximum atomic E-state index is 13.4. The fourth-order valence-electron chi connectivity index (χ4n) is 3.14. The lowest BCUT2D eigenvalue weighted by atomic mass is 10.2. The lowest BCUT2D eigenvalue weighted by Crippen LogP contribution is -2.51. The van der Waals surface area contributed by atoms with Crippen molar-refractivity contribution in [3.8, 4) is 5.75 Å². The molecule has 1 heterocycles. The van der Waals surface area contributed by atoms with Crippen LogP contribution in [0.1, 0.15) is 18.9 Å². The summed E-state index contributed by atoms with van der Waals surface area (Å²) in [5, 5.41) is 2.70. The summed E-state index contributed by atoms with van der Waals surface area (Å²) >= 11 is 0. The molecule has 0 saturated carbocycles. The van der Waals surface area contributed by atoms with Crippen LogP contribution in [0.25, 0.3) is 0 Å². The second kappa shape index (κ2) is 9.34. The normalized spacial score (nSPS) is 17.0. The van der Waals surface area contributed by atoms with Crippen LogP contribution in [0.3, 0.4) is 0 Å². The first-order chi connectivity index (χ1) is 13.9. The minimum absolute atomic E-state index is 0.0666. The van der Waals surface area contributed by atoms with Crippen LogP contribution in [0.2, 0.25) is 0 Å². The Morgan fingerprint density at radius 2 is 1.86 bits per heavy atom. The molecule has 3 rings (SSSR count). The summed E-state index contributed by atoms with van der Waals surface area (Å²) in [4.78, 5) is 12.4. The molecule has 9 heteroatoms. The Labute approximate surface area is 170 Å². The maximum Gasteiger partial charge on any atom is 0.282 e. The summed E-state index contributed by atoms with van der Waals surface area (Å²) in [5.74, 6) is -0.147. The van der Waals surface area contributed by atoms with Crippen LogP contribution in [-0.2, 0) is 21.5 Å². The number of anilines is 1. The van der Waals surface area contributed by atoms with Gasteiger partial charge in [-0.1, -0.05) is 12.1 Å². The summed E-state index contributed by atoms with van der Waals surface area (Å²) in [6.07, 6.45) is 0.588. The molecule has 1 fully saturated rings. The third kappa shape index (κ3) is 5.53. The molecule has 0 bridgehead atoms. The van der Waals surface area contributed by atoms with E-state index in [4.69, 9.17) is 4.74 Å². The highest BCUT2D eigenvalue weighted by Crippen LogP contribution is 2.20. The van der Waals surface area contributed by atoms with Gasteiger partial charge in [0, 0.05) is 25.3 Å². The molecule has 156 valence electrons. The summed E-state index contributed by atoms with van der Waals surface area (Å²) in [7, 11) is -3.81. The minimum Gasteiger partial charge on any atom is -0.494 e. The lowest BCUT2D eigenvalue weighted by molar-refractivity contribution is -0.116. The first kappa shape index (κ1) is 21.2. The Morgan fingerprint density at radius 1 is 1.14 bits per heavy atom. The Hall–Kier alpha value is -2.49. The number of hydrogen-bond acceptors (Lipinski definition) is 4. The van der Waals surface area contributed by atoms with Crippen molar-refractivity contribution in [2.75, 3.05) is 31.6 Å². The Morgan fingerprint density at radius 3 is 2.55 bits per heavy atom. The first-order valence-corrected chi connectivity index (χ1v) is 10.8. The number of amides is 1. The molecule has 0 unspecified atom stereocenters. The van der Waals surface area contributed by atoms with Crippen LogP contribution in [0.4, 0.5) is 10.1 Å². The zero-order chi connectivity index (χ0) is 20.9. The van der Waals surface area contributed by atoms with E-state index in [0.29, 0.717) is 36.6 Å². The fourth-order valence-corrected chi connectivity index (χ4v) is 4.78. The molecular weight excluding hydrogens is 397 g/mol. The number of nitrogens with zero attached hydrogens (tertiary/aromatic N) is 2. The third-order valence-corrected chi connectivity index (χ3v) is 6.41. The van der Waals surface area contributed by atoms with Crippen LogP contribution < -0.4 is 10.1 Å². The zero-order valence-corrected chi connectivity index (χ0v) is 17.0. The minimum atomic E-state index is -3.81. The van der Waals surface area contributed by atoms with Crippen LogP contribution >= 0.6 is 0 Å². The van der Waals surface area contributed by atoms with Gasteiger partial charge in [-0.25, -0.2) is 4.39 Å². The average Bonchev–Trinajstić information content (AvgIpc) is 2.67. The monoisotopic (exact) mass is 421 g/mol. The highest BCUT2D eigenvalue weighted by atomic mass is 32.2. The molecule has 1 aliphatic heterocycles. The maximum absolute atomic E-state index is 13.4. The lowest BCUT2D eigenvalue weighted by Gasteiger charge is -2.34. The van der Waals surface area contributed by atoms with E-state index in [1.807, 2.05) is 6.92 Å². The summed E-state index contributed by atoms with van der Waals surface area (Å²) in [6, 6.07) is 12.7. The summed E-state index contributed by atoms with van der Waals surface area (Å²) < 4.78 is 46.9. The number of benzene rings is 2. The van der Waals surface area contributed by atoms with E-state index in [9.17, 15) is 17.6 Å². The quantitative estimate of drug-likeness (QED) is 0.745. The number of halogens is 1. The molecule has 0 aliphatic carbocycles. The molecule has 1 saturated heterocycles. The van der Waals surface area contributed by atoms with Gasteiger partial charge in [-0.2, -0.15) is 17.0 Å². The van der Waals surface area contributed by atoms with Crippen LogP contribution in [0.15, 0.2) is 48.5 Å². The van der Waals surface area contributed by atoms with Gasteiger partial charge in [0.15, 0.2) is 0 Å². The molecule has 0 radical (unpaired) electrons. The predicted octanol–water partition coefficient (Wildman–Crippen LogP) is 2.62. The standard InChI is InChI=1S/C20H24FN3O4S/c1-2-28-19-9-7-18(8-10-19)22-20(25)15-24-12-4-11-23(29(24,26)27)14-16-5-3-6-17(21)13-16/h3,5-10,13H,2,4,11-12,14-15H2,1H3,(H,22,25). The van der Waals surface area contributed by atoms with Gasteiger partial charge >= 0.3 is 0 Å². The van der Waals surface area contributed by atoms with Gasteiger partial charge < -0.3 is 10.1 Å². The highest BCUT2D eigenvalue weighted by Gasteiger charge is 2.34. The number of carbonyl (C=O) groups excluding carboxylic acids is 1. The van der Waals surface area contributed by atoms with Gasteiger partial charge in [-0.15, -0.1) is 0 Å². The van der Waals surface area contributed by atoms with E-state index in [1.54, 1.807) is 36.4 Å². The van der Waals surface area contributed by atoms with Crippen LogP contribution in [0, 0.1) is 5.82 Å². The van der Waals surface area contributed by atoms with Crippen molar-refractivity contribution < 1.29 is 22.3 Å². The van der Waals surface area contributed by atoms with E-state index in [1.165, 1.54) is 16.4 Å².